The molecule has 0 unspecified atom stereocenters. The summed E-state index contributed by atoms with van der Waals surface area (Å²) >= 11 is 8.97. The van der Waals surface area contributed by atoms with Crippen LogP contribution in [0.3, 0.4) is 0 Å². The SMILES string of the molecule is COC(=O)N1CCC(N2CCC(C(=O)Nc3nc(-c4cc(Cl)cs4)cs3)CC2)CC1. The Hall–Kier alpha value is -1.68. The van der Waals surface area contributed by atoms with Crippen LogP contribution in [0.4, 0.5) is 9.93 Å². The molecule has 2 aromatic heterocycles. The van der Waals surface area contributed by atoms with Crippen molar-refractivity contribution in [3.05, 3.63) is 21.8 Å². The van der Waals surface area contributed by atoms with Gasteiger partial charge in [-0.25, -0.2) is 9.78 Å². The van der Waals surface area contributed by atoms with Gasteiger partial charge in [0.05, 0.1) is 22.7 Å². The smallest absolute Gasteiger partial charge is 0.409 e. The first-order valence-corrected chi connectivity index (χ1v) is 12.2. The number of aromatic nitrogens is 1. The van der Waals surface area contributed by atoms with Crippen LogP contribution in [-0.4, -0.2) is 66.1 Å². The summed E-state index contributed by atoms with van der Waals surface area (Å²) in [6.07, 6.45) is 3.38. The second-order valence-corrected chi connectivity index (χ2v) is 9.86. The molecule has 0 atom stereocenters. The van der Waals surface area contributed by atoms with Crippen molar-refractivity contribution < 1.29 is 14.3 Å². The Morgan fingerprint density at radius 2 is 1.87 bits per heavy atom. The van der Waals surface area contributed by atoms with E-state index in [2.05, 4.69) is 15.2 Å². The number of thiazole rings is 1. The number of halogens is 1. The monoisotopic (exact) mass is 468 g/mol. The first kappa shape index (κ1) is 21.5. The highest BCUT2D eigenvalue weighted by Crippen LogP contribution is 2.32. The lowest BCUT2D eigenvalue weighted by Gasteiger charge is -2.41. The molecule has 4 heterocycles. The molecule has 7 nitrogen and oxygen atoms in total. The van der Waals surface area contributed by atoms with Gasteiger partial charge in [-0.15, -0.1) is 22.7 Å². The Kier molecular flexibility index (Phi) is 6.92. The van der Waals surface area contributed by atoms with Gasteiger partial charge in [0.25, 0.3) is 0 Å². The van der Waals surface area contributed by atoms with E-state index in [9.17, 15) is 9.59 Å². The van der Waals surface area contributed by atoms with Crippen molar-refractivity contribution in [3.8, 4) is 10.6 Å². The zero-order valence-corrected chi connectivity index (χ0v) is 19.2. The van der Waals surface area contributed by atoms with Gasteiger partial charge in [-0.3, -0.25) is 4.79 Å². The van der Waals surface area contributed by atoms with Crippen molar-refractivity contribution in [1.82, 2.24) is 14.8 Å². The fourth-order valence-corrected chi connectivity index (χ4v) is 5.99. The molecule has 162 valence electrons. The Bertz CT molecular complexity index is 886. The number of hydrogen-bond donors (Lipinski definition) is 1. The van der Waals surface area contributed by atoms with Crippen LogP contribution in [-0.2, 0) is 9.53 Å². The summed E-state index contributed by atoms with van der Waals surface area (Å²) in [5, 5.41) is 8.15. The van der Waals surface area contributed by atoms with Gasteiger partial charge in [0.2, 0.25) is 5.91 Å². The average molecular weight is 469 g/mol. The number of carbonyl (C=O) groups is 2. The van der Waals surface area contributed by atoms with Crippen molar-refractivity contribution in [2.24, 2.45) is 5.92 Å². The maximum absolute atomic E-state index is 12.7. The number of anilines is 1. The van der Waals surface area contributed by atoms with Gasteiger partial charge < -0.3 is 19.9 Å². The van der Waals surface area contributed by atoms with Crippen LogP contribution >= 0.6 is 34.3 Å². The van der Waals surface area contributed by atoms with E-state index in [1.165, 1.54) is 18.4 Å². The topological polar surface area (TPSA) is 74.8 Å². The number of rotatable bonds is 4. The molecule has 0 spiro atoms. The second kappa shape index (κ2) is 9.64. The van der Waals surface area contributed by atoms with Gasteiger partial charge in [0, 0.05) is 35.8 Å². The van der Waals surface area contributed by atoms with E-state index in [-0.39, 0.29) is 17.9 Å². The van der Waals surface area contributed by atoms with Gasteiger partial charge in [0.15, 0.2) is 5.13 Å². The second-order valence-electron chi connectivity index (χ2n) is 7.65. The minimum atomic E-state index is -0.239. The molecule has 0 aromatic carbocycles. The molecule has 2 fully saturated rings. The Labute approximate surface area is 189 Å². The molecule has 1 N–H and O–H groups in total. The number of nitrogens with zero attached hydrogens (tertiary/aromatic N) is 3. The number of methoxy groups -OCH3 is 1. The van der Waals surface area contributed by atoms with Crippen LogP contribution in [0.5, 0.6) is 0 Å². The highest BCUT2D eigenvalue weighted by Gasteiger charge is 2.32. The van der Waals surface area contributed by atoms with Crippen LogP contribution in [0.1, 0.15) is 25.7 Å². The van der Waals surface area contributed by atoms with E-state index in [1.54, 1.807) is 16.2 Å². The summed E-state index contributed by atoms with van der Waals surface area (Å²) < 4.78 is 4.81. The highest BCUT2D eigenvalue weighted by molar-refractivity contribution is 7.16. The van der Waals surface area contributed by atoms with Crippen LogP contribution < -0.4 is 5.32 Å². The molecule has 2 aliphatic rings. The van der Waals surface area contributed by atoms with Crippen molar-refractivity contribution in [2.75, 3.05) is 38.6 Å². The third-order valence-electron chi connectivity index (χ3n) is 5.87. The predicted octanol–water partition coefficient (Wildman–Crippen LogP) is 4.41. The molecule has 30 heavy (non-hydrogen) atoms. The van der Waals surface area contributed by atoms with E-state index in [0.717, 1.165) is 62.4 Å². The van der Waals surface area contributed by atoms with Crippen molar-refractivity contribution >= 4 is 51.4 Å². The molecule has 2 amide bonds. The lowest BCUT2D eigenvalue weighted by Crippen LogP contribution is -2.49. The molecular formula is C20H25ClN4O3S2. The number of ether oxygens (including phenoxy) is 1. The summed E-state index contributed by atoms with van der Waals surface area (Å²) in [6.45, 7) is 3.30. The van der Waals surface area contributed by atoms with Crippen LogP contribution in [0.15, 0.2) is 16.8 Å². The van der Waals surface area contributed by atoms with E-state index in [1.807, 2.05) is 16.8 Å². The average Bonchev–Trinajstić information content (AvgIpc) is 3.42. The van der Waals surface area contributed by atoms with Crippen LogP contribution in [0.2, 0.25) is 5.02 Å². The fraction of sp³-hybridized carbons (Fsp3) is 0.550. The molecule has 0 radical (unpaired) electrons. The lowest BCUT2D eigenvalue weighted by molar-refractivity contribution is -0.121. The molecule has 0 saturated carbocycles. The normalized spacial score (nSPS) is 19.1. The summed E-state index contributed by atoms with van der Waals surface area (Å²) in [5.74, 6) is 0.0696. The van der Waals surface area contributed by atoms with E-state index < -0.39 is 0 Å². The zero-order valence-electron chi connectivity index (χ0n) is 16.8. The highest BCUT2D eigenvalue weighted by atomic mass is 35.5. The third-order valence-corrected chi connectivity index (χ3v) is 7.93. The summed E-state index contributed by atoms with van der Waals surface area (Å²) in [4.78, 5) is 34.1. The van der Waals surface area contributed by atoms with Crippen molar-refractivity contribution in [3.63, 3.8) is 0 Å². The van der Waals surface area contributed by atoms with E-state index in [4.69, 9.17) is 16.3 Å². The Morgan fingerprint density at radius 3 is 2.50 bits per heavy atom. The Morgan fingerprint density at radius 1 is 1.13 bits per heavy atom. The largest absolute Gasteiger partial charge is 0.453 e. The molecule has 4 rings (SSSR count). The number of thiophene rings is 1. The molecule has 0 bridgehead atoms. The van der Waals surface area contributed by atoms with Crippen LogP contribution in [0.25, 0.3) is 10.6 Å². The van der Waals surface area contributed by atoms with Gasteiger partial charge in [0.1, 0.15) is 0 Å². The first-order chi connectivity index (χ1) is 14.5. The van der Waals surface area contributed by atoms with Gasteiger partial charge in [-0.1, -0.05) is 11.6 Å². The zero-order chi connectivity index (χ0) is 21.1. The fourth-order valence-electron chi connectivity index (χ4n) is 4.17. The molecule has 2 aliphatic heterocycles. The lowest BCUT2D eigenvalue weighted by atomic mass is 9.93. The summed E-state index contributed by atoms with van der Waals surface area (Å²) in [6, 6.07) is 2.37. The minimum Gasteiger partial charge on any atom is -0.453 e. The van der Waals surface area contributed by atoms with Crippen LogP contribution in [0, 0.1) is 5.92 Å². The van der Waals surface area contributed by atoms with E-state index >= 15 is 0 Å². The maximum Gasteiger partial charge on any atom is 0.409 e. The number of likely N-dealkylation sites (tertiary alicyclic amines) is 2. The number of piperidine rings is 2. The molecule has 2 aromatic rings. The van der Waals surface area contributed by atoms with Gasteiger partial charge in [-0.2, -0.15) is 0 Å². The van der Waals surface area contributed by atoms with Gasteiger partial charge >= 0.3 is 6.09 Å². The number of amides is 2. The molecular weight excluding hydrogens is 444 g/mol. The molecule has 0 aliphatic carbocycles. The standard InChI is InChI=1S/C20H25ClN4O3S2/c1-28-20(27)25-8-4-15(5-9-25)24-6-2-13(3-7-24)18(26)23-19-22-16(12-30-19)17-10-14(21)11-29-17/h10-13,15H,2-9H2,1H3,(H,22,23,26). The Balaban J connectivity index is 1.24. The van der Waals surface area contributed by atoms with E-state index in [0.29, 0.717) is 16.2 Å². The maximum atomic E-state index is 12.7. The summed E-state index contributed by atoms with van der Waals surface area (Å²) in [5.41, 5.74) is 0.848. The van der Waals surface area contributed by atoms with Crippen molar-refractivity contribution in [1.29, 1.82) is 0 Å². The minimum absolute atomic E-state index is 0.0138. The molecule has 2 saturated heterocycles. The number of hydrogen-bond acceptors (Lipinski definition) is 7. The molecule has 10 heteroatoms. The van der Waals surface area contributed by atoms with Crippen molar-refractivity contribution in [2.45, 2.75) is 31.7 Å². The summed E-state index contributed by atoms with van der Waals surface area (Å²) in [7, 11) is 1.43. The third kappa shape index (κ3) is 4.96. The number of carbonyl (C=O) groups excluding carboxylic acids is 2. The predicted molar refractivity (Wildman–Crippen MR) is 120 cm³/mol. The first-order valence-electron chi connectivity index (χ1n) is 10.1. The van der Waals surface area contributed by atoms with Gasteiger partial charge in [-0.05, 0) is 44.8 Å². The number of nitrogens with one attached hydrogen (secondary N) is 1. The quantitative estimate of drug-likeness (QED) is 0.719.